The Morgan fingerprint density at radius 2 is 2.10 bits per heavy atom. The van der Waals surface area contributed by atoms with Gasteiger partial charge in [0.1, 0.15) is 5.75 Å². The number of carbonyl (C=O) groups is 1. The fourth-order valence-corrected chi connectivity index (χ4v) is 1.75. The number of hydrogen-bond acceptors (Lipinski definition) is 3. The van der Waals surface area contributed by atoms with E-state index in [-0.39, 0.29) is 12.5 Å². The molecule has 0 aliphatic carbocycles. The van der Waals surface area contributed by atoms with Gasteiger partial charge in [0, 0.05) is 12.1 Å². The monoisotopic (exact) mass is 277 g/mol. The number of carbonyl (C=O) groups excluding carboxylic acids is 1. The maximum Gasteiger partial charge on any atom is 0.246 e. The third-order valence-electron chi connectivity index (χ3n) is 3.45. The number of benzene rings is 1. The van der Waals surface area contributed by atoms with E-state index in [0.29, 0.717) is 11.3 Å². The van der Waals surface area contributed by atoms with E-state index in [0.717, 1.165) is 17.6 Å². The highest BCUT2D eigenvalue weighted by Crippen LogP contribution is 2.18. The minimum atomic E-state index is -0.746. The molecule has 20 heavy (non-hydrogen) atoms. The second kappa shape index (κ2) is 7.70. The van der Waals surface area contributed by atoms with E-state index in [2.05, 4.69) is 5.32 Å². The average Bonchev–Trinajstić information content (AvgIpc) is 2.50. The second-order valence-electron chi connectivity index (χ2n) is 4.76. The number of allylic oxidation sites excluding steroid dienone is 1. The highest BCUT2D eigenvalue weighted by molar-refractivity contribution is 5.93. The average molecular weight is 277 g/mol. The summed E-state index contributed by atoms with van der Waals surface area (Å²) < 4.78 is 5.11. The molecule has 1 atom stereocenters. The van der Waals surface area contributed by atoms with Crippen molar-refractivity contribution in [3.05, 3.63) is 41.0 Å². The molecule has 1 unspecified atom stereocenters. The van der Waals surface area contributed by atoms with E-state index in [9.17, 15) is 9.90 Å². The maximum absolute atomic E-state index is 11.9. The Hall–Kier alpha value is -1.81. The SMILES string of the molecule is CC/C(C)=C(/C)C(=O)NCC(O)c1cccc(OC)c1. The number of aliphatic hydroxyl groups is 1. The van der Waals surface area contributed by atoms with Gasteiger partial charge >= 0.3 is 0 Å². The van der Waals surface area contributed by atoms with Crippen molar-refractivity contribution in [2.45, 2.75) is 33.3 Å². The van der Waals surface area contributed by atoms with Gasteiger partial charge in [-0.25, -0.2) is 0 Å². The fourth-order valence-electron chi connectivity index (χ4n) is 1.75. The molecular weight excluding hydrogens is 254 g/mol. The van der Waals surface area contributed by atoms with Crippen molar-refractivity contribution in [2.24, 2.45) is 0 Å². The van der Waals surface area contributed by atoms with E-state index in [1.54, 1.807) is 26.2 Å². The van der Waals surface area contributed by atoms with Gasteiger partial charge < -0.3 is 15.2 Å². The minimum absolute atomic E-state index is 0.133. The van der Waals surface area contributed by atoms with Crippen LogP contribution in [0.4, 0.5) is 0 Å². The number of rotatable bonds is 6. The Morgan fingerprint density at radius 3 is 2.70 bits per heavy atom. The first kappa shape index (κ1) is 16.2. The van der Waals surface area contributed by atoms with Crippen molar-refractivity contribution < 1.29 is 14.6 Å². The molecule has 2 N–H and O–H groups in total. The smallest absolute Gasteiger partial charge is 0.246 e. The first-order chi connectivity index (χ1) is 9.49. The van der Waals surface area contributed by atoms with Gasteiger partial charge in [0.25, 0.3) is 0 Å². The maximum atomic E-state index is 11.9. The molecular formula is C16H23NO3. The number of hydrogen-bond donors (Lipinski definition) is 2. The molecule has 0 spiro atoms. The number of methoxy groups -OCH3 is 1. The molecule has 1 aromatic rings. The van der Waals surface area contributed by atoms with Gasteiger partial charge in [0.15, 0.2) is 0 Å². The van der Waals surface area contributed by atoms with Gasteiger partial charge in [0.05, 0.1) is 13.2 Å². The van der Waals surface area contributed by atoms with Crippen molar-refractivity contribution >= 4 is 5.91 Å². The van der Waals surface area contributed by atoms with Crippen LogP contribution in [0.3, 0.4) is 0 Å². The molecule has 0 fully saturated rings. The Balaban J connectivity index is 2.63. The zero-order valence-electron chi connectivity index (χ0n) is 12.6. The van der Waals surface area contributed by atoms with Gasteiger partial charge in [-0.15, -0.1) is 0 Å². The van der Waals surface area contributed by atoms with Crippen LogP contribution in [-0.2, 0) is 4.79 Å². The minimum Gasteiger partial charge on any atom is -0.497 e. The van der Waals surface area contributed by atoms with Gasteiger partial charge in [-0.1, -0.05) is 24.6 Å². The van der Waals surface area contributed by atoms with E-state index in [1.165, 1.54) is 0 Å². The first-order valence-corrected chi connectivity index (χ1v) is 6.76. The van der Waals surface area contributed by atoms with Crippen molar-refractivity contribution in [3.8, 4) is 5.75 Å². The summed E-state index contributed by atoms with van der Waals surface area (Å²) in [6, 6.07) is 7.19. The van der Waals surface area contributed by atoms with Crippen LogP contribution in [0.1, 0.15) is 38.9 Å². The lowest BCUT2D eigenvalue weighted by Crippen LogP contribution is -2.29. The van der Waals surface area contributed by atoms with E-state index >= 15 is 0 Å². The lowest BCUT2D eigenvalue weighted by atomic mass is 10.1. The van der Waals surface area contributed by atoms with Crippen LogP contribution in [0.2, 0.25) is 0 Å². The normalized spacial score (nSPS) is 13.4. The largest absolute Gasteiger partial charge is 0.497 e. The quantitative estimate of drug-likeness (QED) is 0.786. The van der Waals surface area contributed by atoms with Crippen LogP contribution in [0.25, 0.3) is 0 Å². The summed E-state index contributed by atoms with van der Waals surface area (Å²) in [7, 11) is 1.58. The summed E-state index contributed by atoms with van der Waals surface area (Å²) in [6.45, 7) is 5.93. The summed E-state index contributed by atoms with van der Waals surface area (Å²) in [5, 5.41) is 12.8. The third kappa shape index (κ3) is 4.38. The fraction of sp³-hybridized carbons (Fsp3) is 0.438. The van der Waals surface area contributed by atoms with Crippen LogP contribution in [0.15, 0.2) is 35.4 Å². The summed E-state index contributed by atoms with van der Waals surface area (Å²) >= 11 is 0. The molecule has 4 nitrogen and oxygen atoms in total. The van der Waals surface area contributed by atoms with Gasteiger partial charge in [-0.05, 0) is 38.0 Å². The van der Waals surface area contributed by atoms with Crippen LogP contribution < -0.4 is 10.1 Å². The summed E-state index contributed by atoms with van der Waals surface area (Å²) in [4.78, 5) is 11.9. The van der Waals surface area contributed by atoms with E-state index in [1.807, 2.05) is 26.0 Å². The van der Waals surface area contributed by atoms with Crippen molar-refractivity contribution in [2.75, 3.05) is 13.7 Å². The molecule has 110 valence electrons. The molecule has 0 aliphatic heterocycles. The summed E-state index contributed by atoms with van der Waals surface area (Å²) in [5.41, 5.74) is 2.49. The predicted octanol–water partition coefficient (Wildman–Crippen LogP) is 2.59. The number of aliphatic hydroxyl groups excluding tert-OH is 1. The van der Waals surface area contributed by atoms with Crippen molar-refractivity contribution in [1.29, 1.82) is 0 Å². The topological polar surface area (TPSA) is 58.6 Å². The predicted molar refractivity (Wildman–Crippen MR) is 79.6 cm³/mol. The van der Waals surface area contributed by atoms with Crippen molar-refractivity contribution in [1.82, 2.24) is 5.32 Å². The van der Waals surface area contributed by atoms with Crippen molar-refractivity contribution in [3.63, 3.8) is 0 Å². The number of ether oxygens (including phenoxy) is 1. The Kier molecular flexibility index (Phi) is 6.25. The van der Waals surface area contributed by atoms with Crippen LogP contribution >= 0.6 is 0 Å². The second-order valence-corrected chi connectivity index (χ2v) is 4.76. The zero-order valence-corrected chi connectivity index (χ0v) is 12.6. The molecule has 0 heterocycles. The van der Waals surface area contributed by atoms with Crippen LogP contribution in [0, 0.1) is 0 Å². The third-order valence-corrected chi connectivity index (χ3v) is 3.45. The van der Waals surface area contributed by atoms with Crippen LogP contribution in [-0.4, -0.2) is 24.7 Å². The molecule has 0 bridgehead atoms. The summed E-state index contributed by atoms with van der Waals surface area (Å²) in [6.07, 6.45) is 0.0984. The number of amides is 1. The van der Waals surface area contributed by atoms with E-state index in [4.69, 9.17) is 4.74 Å². The van der Waals surface area contributed by atoms with Crippen LogP contribution in [0.5, 0.6) is 5.75 Å². The Labute approximate surface area is 120 Å². The standard InChI is InChI=1S/C16H23NO3/c1-5-11(2)12(3)16(19)17-10-15(18)13-7-6-8-14(9-13)20-4/h6-9,15,18H,5,10H2,1-4H3,(H,17,19)/b12-11-. The van der Waals surface area contributed by atoms with Gasteiger partial charge in [0.2, 0.25) is 5.91 Å². The summed E-state index contributed by atoms with van der Waals surface area (Å²) in [5.74, 6) is 0.553. The molecule has 1 rings (SSSR count). The first-order valence-electron chi connectivity index (χ1n) is 6.76. The molecule has 1 amide bonds. The highest BCUT2D eigenvalue weighted by Gasteiger charge is 2.12. The Morgan fingerprint density at radius 1 is 1.40 bits per heavy atom. The molecule has 0 aliphatic rings. The molecule has 0 aromatic heterocycles. The van der Waals surface area contributed by atoms with Gasteiger partial charge in [-0.2, -0.15) is 0 Å². The highest BCUT2D eigenvalue weighted by atomic mass is 16.5. The Bertz CT molecular complexity index is 494. The molecule has 4 heteroatoms. The molecule has 0 saturated heterocycles. The lowest BCUT2D eigenvalue weighted by Gasteiger charge is -2.14. The van der Waals surface area contributed by atoms with Gasteiger partial charge in [-0.3, -0.25) is 4.79 Å². The molecule has 0 radical (unpaired) electrons. The molecule has 0 saturated carbocycles. The molecule has 1 aromatic carbocycles. The van der Waals surface area contributed by atoms with E-state index < -0.39 is 6.10 Å². The zero-order chi connectivity index (χ0) is 15.1. The lowest BCUT2D eigenvalue weighted by molar-refractivity contribution is -0.118. The number of nitrogens with one attached hydrogen (secondary N) is 1.